The predicted octanol–water partition coefficient (Wildman–Crippen LogP) is 1.80. The number of amides is 1. The summed E-state index contributed by atoms with van der Waals surface area (Å²) < 4.78 is 5.12. The molecule has 1 aromatic rings. The van der Waals surface area contributed by atoms with E-state index in [2.05, 4.69) is 10.3 Å². The highest BCUT2D eigenvalue weighted by Crippen LogP contribution is 2.31. The van der Waals surface area contributed by atoms with Crippen LogP contribution >= 0.6 is 11.3 Å². The van der Waals surface area contributed by atoms with Crippen molar-refractivity contribution < 1.29 is 9.53 Å². The number of aromatic nitrogens is 1. The van der Waals surface area contributed by atoms with Crippen molar-refractivity contribution in [2.75, 3.05) is 31.3 Å². The first-order valence-corrected chi connectivity index (χ1v) is 7.71. The van der Waals surface area contributed by atoms with Crippen LogP contribution in [0, 0.1) is 0 Å². The van der Waals surface area contributed by atoms with E-state index in [9.17, 15) is 4.79 Å². The average Bonchev–Trinajstić information content (AvgIpc) is 3.12. The Balaban J connectivity index is 2.11. The molecule has 1 amide bonds. The molecule has 0 aliphatic heterocycles. The molecule has 1 saturated carbocycles. The lowest BCUT2D eigenvalue weighted by molar-refractivity contribution is 0.0584. The lowest BCUT2D eigenvalue weighted by atomic mass is 10.2. The minimum absolute atomic E-state index is 0.0128. The Labute approximate surface area is 123 Å². The molecule has 0 aromatic carbocycles. The van der Waals surface area contributed by atoms with E-state index >= 15 is 0 Å². The van der Waals surface area contributed by atoms with Crippen molar-refractivity contribution in [3.63, 3.8) is 0 Å². The first-order valence-electron chi connectivity index (χ1n) is 6.89. The first kappa shape index (κ1) is 15.1. The van der Waals surface area contributed by atoms with E-state index < -0.39 is 0 Å². The Morgan fingerprint density at radius 3 is 2.90 bits per heavy atom. The van der Waals surface area contributed by atoms with Crippen LogP contribution < -0.4 is 11.1 Å². The monoisotopic (exact) mass is 298 g/mol. The molecule has 0 saturated heterocycles. The van der Waals surface area contributed by atoms with Gasteiger partial charge in [-0.2, -0.15) is 0 Å². The van der Waals surface area contributed by atoms with Gasteiger partial charge in [-0.15, -0.1) is 0 Å². The van der Waals surface area contributed by atoms with Crippen LogP contribution in [0.15, 0.2) is 0 Å². The highest BCUT2D eigenvalue weighted by atomic mass is 32.1. The van der Waals surface area contributed by atoms with E-state index in [1.54, 1.807) is 12.0 Å². The molecule has 3 N–H and O–H groups in total. The minimum Gasteiger partial charge on any atom is -0.383 e. The van der Waals surface area contributed by atoms with Gasteiger partial charge in [0.1, 0.15) is 10.7 Å². The maximum absolute atomic E-state index is 12.6. The van der Waals surface area contributed by atoms with Gasteiger partial charge in [0.15, 0.2) is 5.13 Å². The van der Waals surface area contributed by atoms with Gasteiger partial charge in [0.05, 0.1) is 12.6 Å². The Kier molecular flexibility index (Phi) is 4.82. The smallest absolute Gasteiger partial charge is 0.268 e. The summed E-state index contributed by atoms with van der Waals surface area (Å²) in [5.41, 5.74) is 5.89. The van der Waals surface area contributed by atoms with Crippen LogP contribution in [-0.4, -0.2) is 48.1 Å². The number of hydrogen-bond acceptors (Lipinski definition) is 6. The molecule has 2 rings (SSSR count). The second-order valence-electron chi connectivity index (χ2n) is 5.05. The first-order chi connectivity index (χ1) is 9.56. The number of likely N-dealkylation sites (N-methyl/N-ethyl adjacent to an activating group) is 1. The van der Waals surface area contributed by atoms with E-state index in [0.717, 1.165) is 18.0 Å². The molecular weight excluding hydrogens is 276 g/mol. The Morgan fingerprint density at radius 2 is 2.35 bits per heavy atom. The summed E-state index contributed by atoms with van der Waals surface area (Å²) in [4.78, 5) is 19.1. The van der Waals surface area contributed by atoms with Crippen LogP contribution in [0.3, 0.4) is 0 Å². The second kappa shape index (κ2) is 6.41. The Morgan fingerprint density at radius 1 is 1.65 bits per heavy atom. The van der Waals surface area contributed by atoms with E-state index in [1.807, 2.05) is 13.8 Å². The number of nitrogens with two attached hydrogens (primary N) is 1. The fourth-order valence-corrected chi connectivity index (χ4v) is 2.98. The number of carbonyl (C=O) groups excluding carboxylic acids is 1. The lowest BCUT2D eigenvalue weighted by Crippen LogP contribution is -2.40. The molecule has 7 heteroatoms. The molecule has 6 nitrogen and oxygen atoms in total. The van der Waals surface area contributed by atoms with Gasteiger partial charge in [-0.3, -0.25) is 4.79 Å². The molecule has 0 bridgehead atoms. The van der Waals surface area contributed by atoms with Gasteiger partial charge in [0.25, 0.3) is 5.91 Å². The van der Waals surface area contributed by atoms with Crippen molar-refractivity contribution in [1.82, 2.24) is 9.88 Å². The van der Waals surface area contributed by atoms with Gasteiger partial charge in [0.2, 0.25) is 0 Å². The van der Waals surface area contributed by atoms with E-state index in [1.165, 1.54) is 11.3 Å². The molecule has 20 heavy (non-hydrogen) atoms. The number of nitrogens with one attached hydrogen (secondary N) is 1. The quantitative estimate of drug-likeness (QED) is 0.802. The number of anilines is 2. The SMILES string of the molecule is CCN(C(=O)c1sc(NC2CC2)nc1N)C(C)COC. The van der Waals surface area contributed by atoms with Crippen LogP contribution in [0.1, 0.15) is 36.4 Å². The van der Waals surface area contributed by atoms with Crippen LogP contribution in [0.4, 0.5) is 10.9 Å². The molecule has 1 heterocycles. The number of carbonyl (C=O) groups is 1. The number of ether oxygens (including phenoxy) is 1. The Hall–Kier alpha value is -1.34. The van der Waals surface area contributed by atoms with Crippen LogP contribution in [0.2, 0.25) is 0 Å². The molecular formula is C13H22N4O2S. The lowest BCUT2D eigenvalue weighted by Gasteiger charge is -2.27. The molecule has 1 fully saturated rings. The van der Waals surface area contributed by atoms with Gasteiger partial charge in [-0.25, -0.2) is 4.98 Å². The van der Waals surface area contributed by atoms with Crippen molar-refractivity contribution in [3.8, 4) is 0 Å². The maximum atomic E-state index is 12.6. The third-order valence-electron chi connectivity index (χ3n) is 3.29. The average molecular weight is 298 g/mol. The van der Waals surface area contributed by atoms with Crippen LogP contribution in [0.25, 0.3) is 0 Å². The van der Waals surface area contributed by atoms with Gasteiger partial charge in [-0.1, -0.05) is 11.3 Å². The maximum Gasteiger partial charge on any atom is 0.268 e. The van der Waals surface area contributed by atoms with E-state index in [-0.39, 0.29) is 11.9 Å². The second-order valence-corrected chi connectivity index (χ2v) is 6.05. The van der Waals surface area contributed by atoms with Crippen LogP contribution in [0.5, 0.6) is 0 Å². The summed E-state index contributed by atoms with van der Waals surface area (Å²) in [6, 6.07) is 0.511. The van der Waals surface area contributed by atoms with Gasteiger partial charge in [-0.05, 0) is 26.7 Å². The molecule has 1 unspecified atom stereocenters. The molecule has 1 aliphatic rings. The molecule has 1 atom stereocenters. The minimum atomic E-state index is -0.0732. The number of nitrogen functional groups attached to an aromatic ring is 1. The normalized spacial score (nSPS) is 15.9. The third kappa shape index (κ3) is 3.40. The summed E-state index contributed by atoms with van der Waals surface area (Å²) in [6.07, 6.45) is 2.32. The van der Waals surface area contributed by atoms with Crippen molar-refractivity contribution in [2.45, 2.75) is 38.8 Å². The molecule has 0 spiro atoms. The Bertz CT molecular complexity index is 473. The summed E-state index contributed by atoms with van der Waals surface area (Å²) in [6.45, 7) is 5.04. The predicted molar refractivity (Wildman–Crippen MR) is 81.2 cm³/mol. The van der Waals surface area contributed by atoms with Crippen LogP contribution in [-0.2, 0) is 4.74 Å². The van der Waals surface area contributed by atoms with E-state index in [0.29, 0.717) is 29.9 Å². The summed E-state index contributed by atoms with van der Waals surface area (Å²) in [7, 11) is 1.63. The number of rotatable bonds is 7. The number of methoxy groups -OCH3 is 1. The molecule has 1 aromatic heterocycles. The van der Waals surface area contributed by atoms with Gasteiger partial charge in [0, 0.05) is 19.7 Å². The van der Waals surface area contributed by atoms with Crippen molar-refractivity contribution in [3.05, 3.63) is 4.88 Å². The fraction of sp³-hybridized carbons (Fsp3) is 0.692. The zero-order valence-corrected chi connectivity index (χ0v) is 13.0. The topological polar surface area (TPSA) is 80.5 Å². The number of thiazole rings is 1. The largest absolute Gasteiger partial charge is 0.383 e. The number of hydrogen-bond donors (Lipinski definition) is 2. The number of nitrogens with zero attached hydrogens (tertiary/aromatic N) is 2. The van der Waals surface area contributed by atoms with Crippen molar-refractivity contribution in [2.24, 2.45) is 0 Å². The highest BCUT2D eigenvalue weighted by Gasteiger charge is 2.27. The fourth-order valence-electron chi connectivity index (χ4n) is 2.07. The summed E-state index contributed by atoms with van der Waals surface area (Å²) in [5.74, 6) is 0.238. The summed E-state index contributed by atoms with van der Waals surface area (Å²) >= 11 is 1.34. The highest BCUT2D eigenvalue weighted by molar-refractivity contribution is 7.18. The standard InChI is InChI=1S/C13H22N4O2S/c1-4-17(8(2)7-19-3)12(18)10-11(14)16-13(20-10)15-9-5-6-9/h8-9H,4-7,14H2,1-3H3,(H,15,16). The zero-order chi connectivity index (χ0) is 14.7. The van der Waals surface area contributed by atoms with Crippen molar-refractivity contribution >= 4 is 28.2 Å². The molecule has 0 radical (unpaired) electrons. The summed E-state index contributed by atoms with van der Waals surface area (Å²) in [5, 5.41) is 4.01. The zero-order valence-electron chi connectivity index (χ0n) is 12.2. The van der Waals surface area contributed by atoms with Gasteiger partial charge < -0.3 is 20.7 Å². The third-order valence-corrected chi connectivity index (χ3v) is 4.28. The molecule has 112 valence electrons. The van der Waals surface area contributed by atoms with E-state index in [4.69, 9.17) is 10.5 Å². The van der Waals surface area contributed by atoms with Gasteiger partial charge >= 0.3 is 0 Å². The molecule has 1 aliphatic carbocycles. The van der Waals surface area contributed by atoms with Crippen molar-refractivity contribution in [1.29, 1.82) is 0 Å².